The number of carbonyl (C=O) groups is 1. The summed E-state index contributed by atoms with van der Waals surface area (Å²) >= 11 is 3.16. The molecule has 2 heterocycles. The van der Waals surface area contributed by atoms with Crippen LogP contribution in [0.2, 0.25) is 0 Å². The van der Waals surface area contributed by atoms with Crippen molar-refractivity contribution in [2.24, 2.45) is 0 Å². The van der Waals surface area contributed by atoms with Gasteiger partial charge in [-0.1, -0.05) is 30.0 Å². The van der Waals surface area contributed by atoms with Gasteiger partial charge in [0.1, 0.15) is 11.3 Å². The molecule has 0 saturated heterocycles. The van der Waals surface area contributed by atoms with E-state index in [1.807, 2.05) is 28.2 Å². The summed E-state index contributed by atoms with van der Waals surface area (Å²) in [5.41, 5.74) is 2.49. The highest BCUT2D eigenvalue weighted by molar-refractivity contribution is 7.98. The Balaban J connectivity index is 1.67. The summed E-state index contributed by atoms with van der Waals surface area (Å²) in [5, 5.41) is 11.8. The van der Waals surface area contributed by atoms with Crippen LogP contribution in [0.5, 0.6) is 0 Å². The number of allylic oxidation sites excluding steroid dienone is 1. The van der Waals surface area contributed by atoms with Gasteiger partial charge in [-0.15, -0.1) is 28.1 Å². The fraction of sp³-hybridized carbons (Fsp3) is 0.176. The van der Waals surface area contributed by atoms with Crippen LogP contribution in [0.3, 0.4) is 0 Å². The maximum Gasteiger partial charge on any atom is 0.337 e. The zero-order valence-corrected chi connectivity index (χ0v) is 15.2. The summed E-state index contributed by atoms with van der Waals surface area (Å²) in [6.45, 7) is 4.41. The molecule has 1 aromatic carbocycles. The second-order valence-electron chi connectivity index (χ2n) is 5.06. The van der Waals surface area contributed by atoms with Crippen molar-refractivity contribution in [1.82, 2.24) is 19.7 Å². The van der Waals surface area contributed by atoms with Gasteiger partial charge in [0.2, 0.25) is 0 Å². The number of thioether (sulfide) groups is 1. The molecular formula is C17H16N4O2S2. The number of benzene rings is 1. The Morgan fingerprint density at radius 1 is 1.40 bits per heavy atom. The van der Waals surface area contributed by atoms with E-state index in [0.717, 1.165) is 21.4 Å². The first kappa shape index (κ1) is 17.4. The van der Waals surface area contributed by atoms with E-state index in [0.29, 0.717) is 17.9 Å². The quantitative estimate of drug-likeness (QED) is 0.358. The molecule has 0 bridgehead atoms. The predicted octanol–water partition coefficient (Wildman–Crippen LogP) is 3.67. The summed E-state index contributed by atoms with van der Waals surface area (Å²) in [5.74, 6) is 0.374. The Hall–Kier alpha value is -2.45. The van der Waals surface area contributed by atoms with Crippen LogP contribution in [0.4, 0.5) is 0 Å². The second kappa shape index (κ2) is 8.09. The van der Waals surface area contributed by atoms with Crippen molar-refractivity contribution < 1.29 is 9.53 Å². The fourth-order valence-corrected chi connectivity index (χ4v) is 3.88. The number of nitrogens with zero attached hydrogens (tertiary/aromatic N) is 4. The molecule has 0 atom stereocenters. The summed E-state index contributed by atoms with van der Waals surface area (Å²) in [6.07, 6.45) is 3.51. The number of rotatable bonds is 7. The molecular weight excluding hydrogens is 356 g/mol. The van der Waals surface area contributed by atoms with Crippen LogP contribution in [-0.2, 0) is 17.0 Å². The molecule has 0 unspecified atom stereocenters. The minimum atomic E-state index is -0.341. The molecule has 6 nitrogen and oxygen atoms in total. The van der Waals surface area contributed by atoms with Gasteiger partial charge in [-0.2, -0.15) is 0 Å². The van der Waals surface area contributed by atoms with Gasteiger partial charge >= 0.3 is 5.97 Å². The van der Waals surface area contributed by atoms with Gasteiger partial charge in [-0.25, -0.2) is 9.78 Å². The predicted molar refractivity (Wildman–Crippen MR) is 98.7 cm³/mol. The number of hydrogen-bond donors (Lipinski definition) is 0. The SMILES string of the molecule is C=CCn1cnnc1SCc1csc(-c2ccc(C(=O)OC)cc2)n1. The number of carbonyl (C=O) groups excluding carboxylic acids is 1. The largest absolute Gasteiger partial charge is 0.465 e. The maximum atomic E-state index is 11.5. The smallest absolute Gasteiger partial charge is 0.337 e. The van der Waals surface area contributed by atoms with Crippen LogP contribution >= 0.6 is 23.1 Å². The van der Waals surface area contributed by atoms with Crippen LogP contribution in [0.25, 0.3) is 10.6 Å². The normalized spacial score (nSPS) is 10.6. The third-order valence-corrected chi connectivity index (χ3v) is 5.31. The van der Waals surface area contributed by atoms with E-state index in [9.17, 15) is 4.79 Å². The summed E-state index contributed by atoms with van der Waals surface area (Å²) in [7, 11) is 1.37. The minimum Gasteiger partial charge on any atom is -0.465 e. The van der Waals surface area contributed by atoms with Crippen molar-refractivity contribution in [3.63, 3.8) is 0 Å². The molecule has 0 N–H and O–H groups in total. The molecule has 3 aromatic rings. The lowest BCUT2D eigenvalue weighted by atomic mass is 10.1. The lowest BCUT2D eigenvalue weighted by Gasteiger charge is -2.01. The van der Waals surface area contributed by atoms with Gasteiger partial charge in [0.15, 0.2) is 5.16 Å². The van der Waals surface area contributed by atoms with E-state index in [1.165, 1.54) is 7.11 Å². The van der Waals surface area contributed by atoms with Crippen LogP contribution in [-0.4, -0.2) is 32.8 Å². The van der Waals surface area contributed by atoms with Crippen LogP contribution in [0.15, 0.2) is 53.8 Å². The number of esters is 1. The van der Waals surface area contributed by atoms with Crippen LogP contribution in [0.1, 0.15) is 16.1 Å². The average Bonchev–Trinajstić information content (AvgIpc) is 3.29. The van der Waals surface area contributed by atoms with Crippen molar-refractivity contribution in [3.05, 3.63) is 59.9 Å². The Morgan fingerprint density at radius 3 is 2.92 bits per heavy atom. The lowest BCUT2D eigenvalue weighted by molar-refractivity contribution is 0.0601. The first-order valence-corrected chi connectivity index (χ1v) is 9.32. The van der Waals surface area contributed by atoms with E-state index in [1.54, 1.807) is 41.6 Å². The molecule has 0 aliphatic heterocycles. The highest BCUT2D eigenvalue weighted by Gasteiger charge is 2.10. The van der Waals surface area contributed by atoms with E-state index in [2.05, 4.69) is 21.8 Å². The van der Waals surface area contributed by atoms with Crippen molar-refractivity contribution in [2.75, 3.05) is 7.11 Å². The number of ether oxygens (including phenoxy) is 1. The molecule has 8 heteroatoms. The Kier molecular flexibility index (Phi) is 5.62. The monoisotopic (exact) mass is 372 g/mol. The molecule has 0 spiro atoms. The van der Waals surface area contributed by atoms with E-state index in [-0.39, 0.29) is 5.97 Å². The number of hydrogen-bond acceptors (Lipinski definition) is 7. The summed E-state index contributed by atoms with van der Waals surface area (Å²) in [6, 6.07) is 7.24. The Bertz CT molecular complexity index is 871. The van der Waals surface area contributed by atoms with Gasteiger partial charge in [0.25, 0.3) is 0 Å². The molecule has 128 valence electrons. The Morgan fingerprint density at radius 2 is 2.20 bits per heavy atom. The van der Waals surface area contributed by atoms with E-state index >= 15 is 0 Å². The zero-order chi connectivity index (χ0) is 17.6. The van der Waals surface area contributed by atoms with Crippen molar-refractivity contribution in [2.45, 2.75) is 17.5 Å². The molecule has 0 fully saturated rings. The van der Waals surface area contributed by atoms with Gasteiger partial charge in [0.05, 0.1) is 18.4 Å². The maximum absolute atomic E-state index is 11.5. The number of methoxy groups -OCH3 is 1. The fourth-order valence-electron chi connectivity index (χ4n) is 2.13. The van der Waals surface area contributed by atoms with Crippen LogP contribution in [0, 0.1) is 0 Å². The molecule has 2 aromatic heterocycles. The third-order valence-electron chi connectivity index (χ3n) is 3.36. The minimum absolute atomic E-state index is 0.341. The molecule has 0 aliphatic rings. The average molecular weight is 372 g/mol. The van der Waals surface area contributed by atoms with E-state index in [4.69, 9.17) is 4.74 Å². The zero-order valence-electron chi connectivity index (χ0n) is 13.6. The van der Waals surface area contributed by atoms with Gasteiger partial charge in [-0.05, 0) is 12.1 Å². The van der Waals surface area contributed by atoms with Crippen molar-refractivity contribution in [3.8, 4) is 10.6 Å². The molecule has 3 rings (SSSR count). The molecule has 0 aliphatic carbocycles. The standard InChI is InChI=1S/C17H16N4O2S2/c1-3-8-21-11-18-20-17(21)25-10-14-9-24-15(19-14)12-4-6-13(7-5-12)16(22)23-2/h3-7,9,11H,1,8,10H2,2H3. The molecule has 0 amide bonds. The van der Waals surface area contributed by atoms with E-state index < -0.39 is 0 Å². The van der Waals surface area contributed by atoms with Crippen LogP contribution < -0.4 is 0 Å². The van der Waals surface area contributed by atoms with Gasteiger partial charge < -0.3 is 9.30 Å². The third kappa shape index (κ3) is 4.15. The van der Waals surface area contributed by atoms with Gasteiger partial charge in [0, 0.05) is 23.2 Å². The topological polar surface area (TPSA) is 69.9 Å². The molecule has 25 heavy (non-hydrogen) atoms. The number of aromatic nitrogens is 4. The summed E-state index contributed by atoms with van der Waals surface area (Å²) < 4.78 is 6.65. The summed E-state index contributed by atoms with van der Waals surface area (Å²) in [4.78, 5) is 16.1. The highest BCUT2D eigenvalue weighted by Crippen LogP contribution is 2.27. The first-order valence-electron chi connectivity index (χ1n) is 7.46. The van der Waals surface area contributed by atoms with Gasteiger partial charge in [-0.3, -0.25) is 0 Å². The first-order chi connectivity index (χ1) is 12.2. The second-order valence-corrected chi connectivity index (χ2v) is 6.86. The Labute approximate surface area is 153 Å². The van der Waals surface area contributed by atoms with Crippen molar-refractivity contribution >= 4 is 29.1 Å². The molecule has 0 saturated carbocycles. The molecule has 0 radical (unpaired) electrons. The van der Waals surface area contributed by atoms with Crippen molar-refractivity contribution in [1.29, 1.82) is 0 Å². The highest BCUT2D eigenvalue weighted by atomic mass is 32.2. The number of thiazole rings is 1. The lowest BCUT2D eigenvalue weighted by Crippen LogP contribution is -2.00.